The zero-order chi connectivity index (χ0) is 28.0. The lowest BCUT2D eigenvalue weighted by Gasteiger charge is -2.10. The van der Waals surface area contributed by atoms with Gasteiger partial charge in [0, 0.05) is 9.79 Å². The molecule has 6 aromatic carbocycles. The SMILES string of the molecule is Cc1ccc([S+](c2ccccc2)c2ccc(Sc3ccc([S+](c4ccccc4)c4ccc(C)cc4)cc3)cc2)cc1. The van der Waals surface area contributed by atoms with Crippen LogP contribution in [0, 0.1) is 13.8 Å². The fraction of sp³-hybridized carbons (Fsp3) is 0.0526. The van der Waals surface area contributed by atoms with Crippen LogP contribution in [0.1, 0.15) is 11.1 Å². The minimum absolute atomic E-state index is 0.132. The summed E-state index contributed by atoms with van der Waals surface area (Å²) in [6.45, 7) is 4.29. The van der Waals surface area contributed by atoms with Crippen LogP contribution in [0.4, 0.5) is 0 Å². The lowest BCUT2D eigenvalue weighted by molar-refractivity contribution is 1.26. The van der Waals surface area contributed by atoms with Crippen molar-refractivity contribution in [1.82, 2.24) is 0 Å². The van der Waals surface area contributed by atoms with Crippen LogP contribution in [0.25, 0.3) is 0 Å². The Morgan fingerprint density at radius 1 is 0.317 bits per heavy atom. The fourth-order valence-electron chi connectivity index (χ4n) is 4.70. The van der Waals surface area contributed by atoms with Crippen LogP contribution in [0.5, 0.6) is 0 Å². The van der Waals surface area contributed by atoms with E-state index in [1.54, 1.807) is 0 Å². The molecule has 2 unspecified atom stereocenters. The van der Waals surface area contributed by atoms with Gasteiger partial charge >= 0.3 is 0 Å². The highest BCUT2D eigenvalue weighted by atomic mass is 32.2. The van der Waals surface area contributed by atoms with Crippen molar-refractivity contribution in [1.29, 1.82) is 0 Å². The van der Waals surface area contributed by atoms with Gasteiger partial charge in [0.25, 0.3) is 0 Å². The largest absolute Gasteiger partial charge is 0.166 e. The van der Waals surface area contributed by atoms with Crippen LogP contribution >= 0.6 is 11.8 Å². The molecule has 41 heavy (non-hydrogen) atoms. The lowest BCUT2D eigenvalue weighted by atomic mass is 10.2. The number of hydrogen-bond acceptors (Lipinski definition) is 1. The molecule has 0 fully saturated rings. The van der Waals surface area contributed by atoms with Crippen molar-refractivity contribution in [2.24, 2.45) is 0 Å². The highest BCUT2D eigenvalue weighted by Crippen LogP contribution is 2.36. The predicted molar refractivity (Wildman–Crippen MR) is 177 cm³/mol. The van der Waals surface area contributed by atoms with E-state index in [0.29, 0.717) is 0 Å². The van der Waals surface area contributed by atoms with E-state index in [1.807, 2.05) is 11.8 Å². The minimum Gasteiger partial charge on any atom is -0.0901 e. The van der Waals surface area contributed by atoms with E-state index in [0.717, 1.165) is 0 Å². The maximum Gasteiger partial charge on any atom is 0.166 e. The second-order valence-corrected chi connectivity index (χ2v) is 15.1. The van der Waals surface area contributed by atoms with Crippen molar-refractivity contribution in [2.45, 2.75) is 53.0 Å². The molecular formula is C38H32S3+2. The molecule has 0 bridgehead atoms. The van der Waals surface area contributed by atoms with E-state index in [4.69, 9.17) is 0 Å². The van der Waals surface area contributed by atoms with Gasteiger partial charge in [-0.25, -0.2) is 0 Å². The van der Waals surface area contributed by atoms with Gasteiger partial charge in [0.15, 0.2) is 29.4 Å². The summed E-state index contributed by atoms with van der Waals surface area (Å²) < 4.78 is 0. The van der Waals surface area contributed by atoms with Crippen LogP contribution in [-0.4, -0.2) is 0 Å². The zero-order valence-corrected chi connectivity index (χ0v) is 25.7. The van der Waals surface area contributed by atoms with Crippen molar-refractivity contribution in [3.8, 4) is 0 Å². The Morgan fingerprint density at radius 3 is 0.902 bits per heavy atom. The van der Waals surface area contributed by atoms with Gasteiger partial charge in [0.2, 0.25) is 0 Å². The lowest BCUT2D eigenvalue weighted by Crippen LogP contribution is -2.04. The highest BCUT2D eigenvalue weighted by Gasteiger charge is 2.29. The molecule has 0 heterocycles. The van der Waals surface area contributed by atoms with Crippen LogP contribution in [0.15, 0.2) is 197 Å². The third-order valence-corrected chi connectivity index (χ3v) is 12.3. The van der Waals surface area contributed by atoms with Crippen molar-refractivity contribution in [2.75, 3.05) is 0 Å². The van der Waals surface area contributed by atoms with Gasteiger partial charge in [-0.3, -0.25) is 0 Å². The smallest absolute Gasteiger partial charge is 0.0901 e. The van der Waals surface area contributed by atoms with E-state index in [1.165, 1.54) is 50.3 Å². The standard InChI is InChI=1S/C38H32S3/c1-29-13-21-35(22-14-29)40(33-9-5-3-6-10-33)37-25-17-31(18-26-37)39-32-19-27-38(28-20-32)41(34-11-7-4-8-12-34)36-23-15-30(2)16-24-36/h3-28H,1-2H3/q+2. The summed E-state index contributed by atoms with van der Waals surface area (Å²) in [6.07, 6.45) is 0. The third-order valence-electron chi connectivity index (χ3n) is 6.83. The minimum atomic E-state index is -0.132. The Morgan fingerprint density at radius 2 is 0.585 bits per heavy atom. The summed E-state index contributed by atoms with van der Waals surface area (Å²) in [5.41, 5.74) is 2.58. The van der Waals surface area contributed by atoms with E-state index in [2.05, 4.69) is 172 Å². The molecule has 200 valence electrons. The summed E-state index contributed by atoms with van der Waals surface area (Å²) in [6, 6.07) is 58.0. The van der Waals surface area contributed by atoms with Crippen molar-refractivity contribution >= 4 is 33.6 Å². The molecular weight excluding hydrogens is 553 g/mol. The molecule has 0 aliphatic carbocycles. The maximum atomic E-state index is 2.30. The Kier molecular flexibility index (Phi) is 8.67. The monoisotopic (exact) mass is 584 g/mol. The van der Waals surface area contributed by atoms with Gasteiger partial charge in [0.05, 0.1) is 21.8 Å². The number of rotatable bonds is 8. The van der Waals surface area contributed by atoms with Gasteiger partial charge in [0.1, 0.15) is 0 Å². The quantitative estimate of drug-likeness (QED) is 0.160. The molecule has 0 spiro atoms. The first-order valence-electron chi connectivity index (χ1n) is 13.7. The topological polar surface area (TPSA) is 0 Å². The Labute approximate surface area is 254 Å². The molecule has 6 aromatic rings. The molecule has 0 aliphatic rings. The molecule has 2 atom stereocenters. The molecule has 0 saturated carbocycles. The van der Waals surface area contributed by atoms with Crippen LogP contribution in [0.3, 0.4) is 0 Å². The van der Waals surface area contributed by atoms with E-state index in [9.17, 15) is 0 Å². The third kappa shape index (κ3) is 6.65. The average molecular weight is 585 g/mol. The van der Waals surface area contributed by atoms with Crippen molar-refractivity contribution in [3.63, 3.8) is 0 Å². The van der Waals surface area contributed by atoms with Crippen molar-refractivity contribution < 1.29 is 0 Å². The summed E-state index contributed by atoms with van der Waals surface area (Å²) in [7, 11) is -0.265. The average Bonchev–Trinajstić information content (AvgIpc) is 3.02. The maximum absolute atomic E-state index is 2.30. The van der Waals surface area contributed by atoms with Gasteiger partial charge in [-0.2, -0.15) is 0 Å². The summed E-state index contributed by atoms with van der Waals surface area (Å²) in [5, 5.41) is 0. The van der Waals surface area contributed by atoms with Gasteiger partial charge in [-0.1, -0.05) is 83.6 Å². The second kappa shape index (κ2) is 12.9. The molecule has 0 N–H and O–H groups in total. The first kappa shape index (κ1) is 27.5. The molecule has 0 saturated heterocycles. The summed E-state index contributed by atoms with van der Waals surface area (Å²) >= 11 is 1.82. The molecule has 0 radical (unpaired) electrons. The number of benzene rings is 6. The molecule has 0 amide bonds. The number of hydrogen-bond donors (Lipinski definition) is 0. The predicted octanol–water partition coefficient (Wildman–Crippen LogP) is 10.6. The van der Waals surface area contributed by atoms with E-state index >= 15 is 0 Å². The zero-order valence-electron chi connectivity index (χ0n) is 23.2. The molecule has 0 nitrogen and oxygen atoms in total. The molecule has 6 rings (SSSR count). The Hall–Kier alpha value is -3.63. The van der Waals surface area contributed by atoms with Gasteiger partial charge in [-0.05, 0) is 111 Å². The van der Waals surface area contributed by atoms with Gasteiger partial charge < -0.3 is 0 Å². The Balaban J connectivity index is 1.24. The first-order chi connectivity index (χ1) is 20.1. The van der Waals surface area contributed by atoms with Crippen LogP contribution in [0.2, 0.25) is 0 Å². The van der Waals surface area contributed by atoms with E-state index < -0.39 is 0 Å². The highest BCUT2D eigenvalue weighted by molar-refractivity contribution is 7.99. The van der Waals surface area contributed by atoms with Crippen molar-refractivity contribution in [3.05, 3.63) is 169 Å². The van der Waals surface area contributed by atoms with Gasteiger partial charge in [-0.15, -0.1) is 0 Å². The van der Waals surface area contributed by atoms with E-state index in [-0.39, 0.29) is 21.8 Å². The second-order valence-electron chi connectivity index (χ2n) is 9.91. The number of aryl methyl sites for hydroxylation is 2. The molecule has 0 aliphatic heterocycles. The summed E-state index contributed by atoms with van der Waals surface area (Å²) in [5.74, 6) is 0. The molecule has 0 aromatic heterocycles. The van der Waals surface area contributed by atoms with Crippen LogP contribution in [-0.2, 0) is 21.8 Å². The summed E-state index contributed by atoms with van der Waals surface area (Å²) in [4.78, 5) is 10.6. The van der Waals surface area contributed by atoms with Crippen LogP contribution < -0.4 is 0 Å². The molecule has 3 heteroatoms. The fourth-order valence-corrected chi connectivity index (χ4v) is 9.64. The Bertz CT molecular complexity index is 1550. The first-order valence-corrected chi connectivity index (χ1v) is 17.0. The normalized spacial score (nSPS) is 12.5.